The fraction of sp³-hybridized carbons (Fsp3) is 0.700. The first-order valence-electron chi connectivity index (χ1n) is 5.41. The summed E-state index contributed by atoms with van der Waals surface area (Å²) in [6.07, 6.45) is 2.15. The number of morpholine rings is 1. The lowest BCUT2D eigenvalue weighted by atomic mass is 10.1. The van der Waals surface area contributed by atoms with Crippen LogP contribution in [0.25, 0.3) is 0 Å². The van der Waals surface area contributed by atoms with Crippen LogP contribution >= 0.6 is 0 Å². The summed E-state index contributed by atoms with van der Waals surface area (Å²) < 4.78 is 5.78. The molecular formula is C10H16N4O. The van der Waals surface area contributed by atoms with Crippen molar-refractivity contribution >= 4 is 5.82 Å². The number of ether oxygens (including phenoxy) is 1. The van der Waals surface area contributed by atoms with Gasteiger partial charge >= 0.3 is 0 Å². The normalized spacial score (nSPS) is 31.9. The van der Waals surface area contributed by atoms with Crippen molar-refractivity contribution in [1.82, 2.24) is 15.1 Å². The molecule has 1 unspecified atom stereocenters. The summed E-state index contributed by atoms with van der Waals surface area (Å²) in [7, 11) is 2.18. The van der Waals surface area contributed by atoms with E-state index in [-0.39, 0.29) is 0 Å². The van der Waals surface area contributed by atoms with Crippen LogP contribution in [0.3, 0.4) is 0 Å². The molecule has 0 amide bonds. The first kappa shape index (κ1) is 9.18. The van der Waals surface area contributed by atoms with Crippen LogP contribution in [0.2, 0.25) is 0 Å². The molecule has 3 rings (SSSR count). The van der Waals surface area contributed by atoms with Gasteiger partial charge in [0.1, 0.15) is 5.82 Å². The van der Waals surface area contributed by atoms with Gasteiger partial charge in [-0.3, -0.25) is 10.00 Å². The standard InChI is InChI=1S/C10H16N4O/c1-13-4-5-15-9-7-14(6-8(9)13)10-2-3-11-12-10/h2-3,8-9H,4-7H2,1H3,(H,11,12)/t8?,9-/m1/s1. The molecular weight excluding hydrogens is 192 g/mol. The number of nitrogens with one attached hydrogen (secondary N) is 1. The summed E-state index contributed by atoms with van der Waals surface area (Å²) in [4.78, 5) is 4.70. The summed E-state index contributed by atoms with van der Waals surface area (Å²) in [6, 6.07) is 2.54. The zero-order valence-electron chi connectivity index (χ0n) is 8.89. The van der Waals surface area contributed by atoms with Gasteiger partial charge in [0, 0.05) is 25.7 Å². The fourth-order valence-corrected chi connectivity index (χ4v) is 2.48. The smallest absolute Gasteiger partial charge is 0.124 e. The van der Waals surface area contributed by atoms with E-state index in [1.807, 2.05) is 6.07 Å². The summed E-state index contributed by atoms with van der Waals surface area (Å²) in [5.41, 5.74) is 0. The van der Waals surface area contributed by atoms with E-state index in [1.54, 1.807) is 6.20 Å². The zero-order chi connectivity index (χ0) is 10.3. The molecule has 2 fully saturated rings. The molecule has 15 heavy (non-hydrogen) atoms. The van der Waals surface area contributed by atoms with Gasteiger partial charge in [-0.1, -0.05) is 0 Å². The van der Waals surface area contributed by atoms with E-state index in [2.05, 4.69) is 27.0 Å². The lowest BCUT2D eigenvalue weighted by Gasteiger charge is -2.33. The second-order valence-electron chi connectivity index (χ2n) is 4.30. The van der Waals surface area contributed by atoms with Gasteiger partial charge in [0.05, 0.1) is 24.9 Å². The highest BCUT2D eigenvalue weighted by Gasteiger charge is 2.38. The number of fused-ring (bicyclic) bond motifs is 1. The van der Waals surface area contributed by atoms with Crippen LogP contribution in [-0.4, -0.2) is 60.5 Å². The van der Waals surface area contributed by atoms with Gasteiger partial charge in [-0.05, 0) is 7.05 Å². The van der Waals surface area contributed by atoms with Crippen molar-refractivity contribution in [1.29, 1.82) is 0 Å². The molecule has 2 atom stereocenters. The van der Waals surface area contributed by atoms with Crippen LogP contribution in [0.4, 0.5) is 5.82 Å². The van der Waals surface area contributed by atoms with E-state index in [0.717, 1.165) is 32.1 Å². The fourth-order valence-electron chi connectivity index (χ4n) is 2.48. The predicted octanol–water partition coefficient (Wildman–Crippen LogP) is -0.0711. The molecule has 0 radical (unpaired) electrons. The second kappa shape index (κ2) is 3.50. The molecule has 82 valence electrons. The van der Waals surface area contributed by atoms with Crippen LogP contribution in [0.1, 0.15) is 0 Å². The van der Waals surface area contributed by atoms with Crippen molar-refractivity contribution in [2.24, 2.45) is 0 Å². The van der Waals surface area contributed by atoms with Gasteiger partial charge in [-0.25, -0.2) is 0 Å². The minimum Gasteiger partial charge on any atom is -0.373 e. The number of rotatable bonds is 1. The molecule has 3 heterocycles. The molecule has 2 saturated heterocycles. The van der Waals surface area contributed by atoms with E-state index >= 15 is 0 Å². The maximum Gasteiger partial charge on any atom is 0.124 e. The molecule has 5 heteroatoms. The average Bonchev–Trinajstić information content (AvgIpc) is 2.86. The number of nitrogens with zero attached hydrogens (tertiary/aromatic N) is 3. The number of aromatic nitrogens is 2. The van der Waals surface area contributed by atoms with Crippen LogP contribution < -0.4 is 4.90 Å². The molecule has 5 nitrogen and oxygen atoms in total. The van der Waals surface area contributed by atoms with Crippen LogP contribution in [0, 0.1) is 0 Å². The first-order chi connectivity index (χ1) is 7.34. The summed E-state index contributed by atoms with van der Waals surface area (Å²) >= 11 is 0. The third kappa shape index (κ3) is 1.52. The topological polar surface area (TPSA) is 44.4 Å². The number of hydrogen-bond acceptors (Lipinski definition) is 4. The van der Waals surface area contributed by atoms with Crippen LogP contribution in [0.5, 0.6) is 0 Å². The Hall–Kier alpha value is -1.07. The van der Waals surface area contributed by atoms with Crippen molar-refractivity contribution < 1.29 is 4.74 Å². The maximum atomic E-state index is 5.78. The molecule has 2 aliphatic heterocycles. The van der Waals surface area contributed by atoms with E-state index in [4.69, 9.17) is 4.74 Å². The van der Waals surface area contributed by atoms with E-state index in [0.29, 0.717) is 12.1 Å². The monoisotopic (exact) mass is 208 g/mol. The SMILES string of the molecule is CN1CCO[C@@H]2CN(c3ccn[nH]3)CC21. The van der Waals surface area contributed by atoms with Crippen LogP contribution in [-0.2, 0) is 4.74 Å². The Labute approximate surface area is 89.0 Å². The number of hydrogen-bond donors (Lipinski definition) is 1. The molecule has 0 spiro atoms. The summed E-state index contributed by atoms with van der Waals surface area (Å²) in [5, 5.41) is 6.99. The average molecular weight is 208 g/mol. The molecule has 0 bridgehead atoms. The zero-order valence-corrected chi connectivity index (χ0v) is 8.89. The third-order valence-electron chi connectivity index (χ3n) is 3.41. The quantitative estimate of drug-likeness (QED) is 0.701. The van der Waals surface area contributed by atoms with Crippen LogP contribution in [0.15, 0.2) is 12.3 Å². The Kier molecular flexibility index (Phi) is 2.14. The van der Waals surface area contributed by atoms with E-state index in [9.17, 15) is 0 Å². The number of H-pyrrole nitrogens is 1. The largest absolute Gasteiger partial charge is 0.373 e. The Morgan fingerprint density at radius 2 is 2.47 bits per heavy atom. The van der Waals surface area contributed by atoms with Gasteiger partial charge in [0.15, 0.2) is 0 Å². The van der Waals surface area contributed by atoms with Crippen molar-refractivity contribution in [3.63, 3.8) is 0 Å². The van der Waals surface area contributed by atoms with Gasteiger partial charge in [0.25, 0.3) is 0 Å². The van der Waals surface area contributed by atoms with Crippen molar-refractivity contribution in [3.8, 4) is 0 Å². The Morgan fingerprint density at radius 1 is 1.53 bits per heavy atom. The van der Waals surface area contributed by atoms with Crippen molar-refractivity contribution in [3.05, 3.63) is 12.3 Å². The highest BCUT2D eigenvalue weighted by atomic mass is 16.5. The predicted molar refractivity (Wildman–Crippen MR) is 57.0 cm³/mol. The molecule has 0 saturated carbocycles. The Balaban J connectivity index is 1.76. The minimum absolute atomic E-state index is 0.354. The lowest BCUT2D eigenvalue weighted by Crippen LogP contribution is -2.48. The minimum atomic E-state index is 0.354. The molecule has 1 aromatic rings. The third-order valence-corrected chi connectivity index (χ3v) is 3.41. The number of anilines is 1. The first-order valence-corrected chi connectivity index (χ1v) is 5.41. The van der Waals surface area contributed by atoms with E-state index in [1.165, 1.54) is 0 Å². The van der Waals surface area contributed by atoms with Gasteiger partial charge in [0.2, 0.25) is 0 Å². The molecule has 0 aliphatic carbocycles. The van der Waals surface area contributed by atoms with Crippen molar-refractivity contribution in [2.45, 2.75) is 12.1 Å². The van der Waals surface area contributed by atoms with Gasteiger partial charge in [-0.2, -0.15) is 5.10 Å². The molecule has 2 aliphatic rings. The highest BCUT2D eigenvalue weighted by molar-refractivity contribution is 5.39. The van der Waals surface area contributed by atoms with Crippen molar-refractivity contribution in [2.75, 3.05) is 38.2 Å². The summed E-state index contributed by atoms with van der Waals surface area (Å²) in [6.45, 7) is 3.90. The number of likely N-dealkylation sites (N-methyl/N-ethyl adjacent to an activating group) is 1. The molecule has 0 aromatic carbocycles. The maximum absolute atomic E-state index is 5.78. The highest BCUT2D eigenvalue weighted by Crippen LogP contribution is 2.24. The second-order valence-corrected chi connectivity index (χ2v) is 4.30. The lowest BCUT2D eigenvalue weighted by molar-refractivity contribution is -0.0362. The summed E-state index contributed by atoms with van der Waals surface area (Å²) in [5.74, 6) is 1.10. The van der Waals surface area contributed by atoms with Gasteiger partial charge in [-0.15, -0.1) is 0 Å². The Morgan fingerprint density at radius 3 is 3.20 bits per heavy atom. The number of aromatic amines is 1. The Bertz CT molecular complexity index is 326. The van der Waals surface area contributed by atoms with E-state index < -0.39 is 0 Å². The molecule has 1 aromatic heterocycles. The van der Waals surface area contributed by atoms with Gasteiger partial charge < -0.3 is 9.64 Å². The molecule has 1 N–H and O–H groups in total.